The number of hydrogen-bond acceptors (Lipinski definition) is 4. The minimum Gasteiger partial charge on any atom is -0.396 e. The second-order valence-corrected chi connectivity index (χ2v) is 3.82. The molecule has 0 aromatic heterocycles. The van der Waals surface area contributed by atoms with Gasteiger partial charge in [0.15, 0.2) is 0 Å². The normalized spacial score (nSPS) is 12.4. The Labute approximate surface area is 108 Å². The molecule has 0 amide bonds. The molecule has 98 valence electrons. The van der Waals surface area contributed by atoms with Gasteiger partial charge in [-0.05, 0) is 27.7 Å². The van der Waals surface area contributed by atoms with Gasteiger partial charge in [-0.15, -0.1) is 0 Å². The van der Waals surface area contributed by atoms with Crippen LogP contribution in [0.3, 0.4) is 0 Å². The molecule has 1 aromatic carbocycles. The van der Waals surface area contributed by atoms with E-state index in [1.54, 1.807) is 0 Å². The van der Waals surface area contributed by atoms with E-state index in [9.17, 15) is 0 Å². The Bertz CT molecular complexity index is 422. The molecular weight excluding hydrogens is 228 g/mol. The number of benzene rings is 1. The minimum atomic E-state index is 0.525. The maximum atomic E-state index is 5.13. The minimum absolute atomic E-state index is 0.525. The van der Waals surface area contributed by atoms with Gasteiger partial charge in [-0.1, -0.05) is 40.1 Å². The molecule has 0 heterocycles. The van der Waals surface area contributed by atoms with E-state index >= 15 is 0 Å². The Hall–Kier alpha value is -1.84. The van der Waals surface area contributed by atoms with Gasteiger partial charge >= 0.3 is 0 Å². The van der Waals surface area contributed by atoms with E-state index in [2.05, 4.69) is 10.3 Å². The second-order valence-electron chi connectivity index (χ2n) is 3.82. The lowest BCUT2D eigenvalue weighted by Gasteiger charge is -2.06. The van der Waals surface area contributed by atoms with Crippen molar-refractivity contribution in [2.45, 2.75) is 27.7 Å². The highest BCUT2D eigenvalue weighted by Gasteiger charge is 2.09. The zero-order valence-electron chi connectivity index (χ0n) is 11.4. The van der Waals surface area contributed by atoms with Crippen LogP contribution in [0.2, 0.25) is 0 Å². The van der Waals surface area contributed by atoms with E-state index < -0.39 is 0 Å². The third kappa shape index (κ3) is 4.20. The summed E-state index contributed by atoms with van der Waals surface area (Å²) in [4.78, 5) is 10.2. The van der Waals surface area contributed by atoms with Crippen LogP contribution in [0, 0.1) is 6.92 Å². The summed E-state index contributed by atoms with van der Waals surface area (Å²) in [5.74, 6) is 0. The number of nitrogens with zero attached hydrogens (tertiary/aromatic N) is 2. The highest BCUT2D eigenvalue weighted by Crippen LogP contribution is 2.07. The first-order valence-corrected chi connectivity index (χ1v) is 6.13. The predicted molar refractivity (Wildman–Crippen MR) is 74.1 cm³/mol. The van der Waals surface area contributed by atoms with Crippen molar-refractivity contribution < 1.29 is 9.68 Å². The van der Waals surface area contributed by atoms with Crippen LogP contribution in [0.4, 0.5) is 0 Å². The summed E-state index contributed by atoms with van der Waals surface area (Å²) in [6.07, 6.45) is 0. The molecule has 1 rings (SSSR count). The molecule has 0 aliphatic carbocycles. The van der Waals surface area contributed by atoms with Gasteiger partial charge in [0.05, 0.1) is 0 Å². The molecule has 0 spiro atoms. The predicted octanol–water partition coefficient (Wildman–Crippen LogP) is 3.15. The van der Waals surface area contributed by atoms with Crippen LogP contribution < -0.4 is 0 Å². The van der Waals surface area contributed by atoms with Crippen LogP contribution in [0.15, 0.2) is 34.6 Å². The summed E-state index contributed by atoms with van der Waals surface area (Å²) >= 11 is 0. The average molecular weight is 248 g/mol. The Balaban J connectivity index is 3.01. The van der Waals surface area contributed by atoms with Crippen LogP contribution in [-0.2, 0) is 9.68 Å². The zero-order chi connectivity index (χ0) is 13.4. The SMILES string of the molecule is CCO/N=C(C)/C(=N/OCC)c1ccc(C)cc1. The van der Waals surface area contributed by atoms with Gasteiger partial charge in [0, 0.05) is 5.56 Å². The van der Waals surface area contributed by atoms with Gasteiger partial charge in [0.2, 0.25) is 0 Å². The Morgan fingerprint density at radius 1 is 1.00 bits per heavy atom. The summed E-state index contributed by atoms with van der Waals surface area (Å²) < 4.78 is 0. The first-order valence-electron chi connectivity index (χ1n) is 6.13. The van der Waals surface area contributed by atoms with Gasteiger partial charge in [-0.3, -0.25) is 0 Å². The van der Waals surface area contributed by atoms with E-state index in [-0.39, 0.29) is 0 Å². The molecule has 0 N–H and O–H groups in total. The van der Waals surface area contributed by atoms with E-state index in [4.69, 9.17) is 9.68 Å². The van der Waals surface area contributed by atoms with Gasteiger partial charge in [0.25, 0.3) is 0 Å². The fraction of sp³-hybridized carbons (Fsp3) is 0.429. The Kier molecular flexibility index (Phi) is 5.91. The largest absolute Gasteiger partial charge is 0.396 e. The number of oxime groups is 2. The van der Waals surface area contributed by atoms with E-state index in [1.807, 2.05) is 52.0 Å². The molecule has 0 saturated carbocycles. The second kappa shape index (κ2) is 7.48. The fourth-order valence-electron chi connectivity index (χ4n) is 1.37. The monoisotopic (exact) mass is 248 g/mol. The van der Waals surface area contributed by atoms with Crippen molar-refractivity contribution >= 4 is 11.4 Å². The summed E-state index contributed by atoms with van der Waals surface area (Å²) in [6.45, 7) is 8.75. The molecule has 1 aromatic rings. The summed E-state index contributed by atoms with van der Waals surface area (Å²) in [5, 5.41) is 8.10. The average Bonchev–Trinajstić information content (AvgIpc) is 2.38. The number of aryl methyl sites for hydroxylation is 1. The molecule has 0 atom stereocenters. The first kappa shape index (κ1) is 14.2. The molecule has 4 nitrogen and oxygen atoms in total. The molecular formula is C14H20N2O2. The first-order chi connectivity index (χ1) is 8.69. The fourth-order valence-corrected chi connectivity index (χ4v) is 1.37. The smallest absolute Gasteiger partial charge is 0.134 e. The summed E-state index contributed by atoms with van der Waals surface area (Å²) in [6, 6.07) is 8.06. The highest BCUT2D eigenvalue weighted by molar-refractivity contribution is 6.47. The molecule has 0 unspecified atom stereocenters. The third-order valence-electron chi connectivity index (χ3n) is 2.28. The lowest BCUT2D eigenvalue weighted by atomic mass is 10.1. The van der Waals surface area contributed by atoms with Crippen molar-refractivity contribution in [3.63, 3.8) is 0 Å². The molecule has 0 saturated heterocycles. The Morgan fingerprint density at radius 2 is 1.56 bits per heavy atom. The van der Waals surface area contributed by atoms with Gasteiger partial charge in [0.1, 0.15) is 24.6 Å². The van der Waals surface area contributed by atoms with Crippen molar-refractivity contribution in [1.82, 2.24) is 0 Å². The summed E-state index contributed by atoms with van der Waals surface area (Å²) in [5.41, 5.74) is 3.57. The van der Waals surface area contributed by atoms with Crippen molar-refractivity contribution in [2.75, 3.05) is 13.2 Å². The van der Waals surface area contributed by atoms with Crippen LogP contribution in [0.5, 0.6) is 0 Å². The molecule has 18 heavy (non-hydrogen) atoms. The molecule has 0 aliphatic rings. The molecule has 0 bridgehead atoms. The molecule has 0 aliphatic heterocycles. The van der Waals surface area contributed by atoms with Crippen LogP contribution in [0.1, 0.15) is 31.9 Å². The molecule has 0 radical (unpaired) electrons. The molecule has 4 heteroatoms. The van der Waals surface area contributed by atoms with Gasteiger partial charge < -0.3 is 9.68 Å². The van der Waals surface area contributed by atoms with Gasteiger partial charge in [-0.25, -0.2) is 0 Å². The van der Waals surface area contributed by atoms with Crippen LogP contribution in [-0.4, -0.2) is 24.6 Å². The summed E-state index contributed by atoms with van der Waals surface area (Å²) in [7, 11) is 0. The van der Waals surface area contributed by atoms with Crippen LogP contribution >= 0.6 is 0 Å². The maximum Gasteiger partial charge on any atom is 0.134 e. The van der Waals surface area contributed by atoms with Gasteiger partial charge in [-0.2, -0.15) is 0 Å². The lowest BCUT2D eigenvalue weighted by molar-refractivity contribution is 0.155. The lowest BCUT2D eigenvalue weighted by Crippen LogP contribution is -2.13. The third-order valence-corrected chi connectivity index (χ3v) is 2.28. The quantitative estimate of drug-likeness (QED) is 0.573. The van der Waals surface area contributed by atoms with Crippen molar-refractivity contribution in [3.8, 4) is 0 Å². The van der Waals surface area contributed by atoms with E-state index in [1.165, 1.54) is 5.56 Å². The standard InChI is InChI=1S/C14H20N2O2/c1-5-17-15-12(4)14(16-18-6-2)13-9-7-11(3)8-10-13/h7-10H,5-6H2,1-4H3/b15-12+,16-14-. The number of hydrogen-bond donors (Lipinski definition) is 0. The molecule has 0 fully saturated rings. The van der Waals surface area contributed by atoms with Crippen LogP contribution in [0.25, 0.3) is 0 Å². The number of rotatable bonds is 6. The highest BCUT2D eigenvalue weighted by atomic mass is 16.6. The zero-order valence-corrected chi connectivity index (χ0v) is 11.4. The van der Waals surface area contributed by atoms with E-state index in [0.29, 0.717) is 24.6 Å². The topological polar surface area (TPSA) is 43.2 Å². The van der Waals surface area contributed by atoms with E-state index in [0.717, 1.165) is 5.56 Å². The van der Waals surface area contributed by atoms with Crippen molar-refractivity contribution in [2.24, 2.45) is 10.3 Å². The maximum absolute atomic E-state index is 5.13. The van der Waals surface area contributed by atoms with Crippen molar-refractivity contribution in [1.29, 1.82) is 0 Å². The van der Waals surface area contributed by atoms with Crippen molar-refractivity contribution in [3.05, 3.63) is 35.4 Å². The Morgan fingerprint density at radius 3 is 2.11 bits per heavy atom.